The SMILES string of the molecule is O=C1OC[C@@H](COc2ccon2)N1c1ccc(C2=CCN(Cc3ccccc3)CC2)c(F)c1. The van der Waals surface area contributed by atoms with E-state index >= 15 is 4.39 Å². The van der Waals surface area contributed by atoms with Crippen LogP contribution in [-0.2, 0) is 11.3 Å². The summed E-state index contributed by atoms with van der Waals surface area (Å²) in [7, 11) is 0. The molecule has 0 unspecified atom stereocenters. The number of carbonyl (C=O) groups excluding carboxylic acids is 1. The van der Waals surface area contributed by atoms with Gasteiger partial charge in [-0.1, -0.05) is 36.4 Å². The van der Waals surface area contributed by atoms with Crippen molar-refractivity contribution in [1.29, 1.82) is 0 Å². The van der Waals surface area contributed by atoms with Gasteiger partial charge in [-0.25, -0.2) is 9.18 Å². The van der Waals surface area contributed by atoms with E-state index in [0.29, 0.717) is 17.1 Å². The van der Waals surface area contributed by atoms with Crippen LogP contribution in [0, 0.1) is 5.82 Å². The molecule has 33 heavy (non-hydrogen) atoms. The molecule has 8 heteroatoms. The van der Waals surface area contributed by atoms with Crippen LogP contribution in [0.4, 0.5) is 14.9 Å². The second-order valence-corrected chi connectivity index (χ2v) is 8.11. The molecule has 3 heterocycles. The number of nitrogens with zero attached hydrogens (tertiary/aromatic N) is 3. The second-order valence-electron chi connectivity index (χ2n) is 8.11. The van der Waals surface area contributed by atoms with Crippen molar-refractivity contribution in [2.45, 2.75) is 19.0 Å². The van der Waals surface area contributed by atoms with Gasteiger partial charge in [0.2, 0.25) is 0 Å². The Kier molecular flexibility index (Phi) is 6.08. The number of ether oxygens (including phenoxy) is 2. The molecule has 3 aromatic rings. The highest BCUT2D eigenvalue weighted by Gasteiger charge is 2.35. The molecule has 1 amide bonds. The maximum atomic E-state index is 15.1. The normalized spacial score (nSPS) is 18.8. The van der Waals surface area contributed by atoms with E-state index in [1.165, 1.54) is 22.8 Å². The molecule has 1 fully saturated rings. The van der Waals surface area contributed by atoms with Gasteiger partial charge in [0.25, 0.3) is 5.88 Å². The van der Waals surface area contributed by atoms with Gasteiger partial charge in [0, 0.05) is 31.3 Å². The van der Waals surface area contributed by atoms with Crippen LogP contribution in [0.1, 0.15) is 17.5 Å². The lowest BCUT2D eigenvalue weighted by molar-refractivity contribution is 0.174. The maximum Gasteiger partial charge on any atom is 0.414 e. The minimum absolute atomic E-state index is 0.155. The molecule has 1 aromatic heterocycles. The second kappa shape index (κ2) is 9.46. The molecule has 2 aliphatic heterocycles. The third-order valence-electron chi connectivity index (χ3n) is 5.92. The Morgan fingerprint density at radius 1 is 1.15 bits per heavy atom. The molecule has 0 N–H and O–H groups in total. The monoisotopic (exact) mass is 449 g/mol. The number of rotatable bonds is 7. The Bertz CT molecular complexity index is 1130. The molecule has 5 rings (SSSR count). The number of benzene rings is 2. The highest BCUT2D eigenvalue weighted by molar-refractivity contribution is 5.90. The van der Waals surface area contributed by atoms with Crippen molar-refractivity contribution in [1.82, 2.24) is 10.1 Å². The molecule has 0 aliphatic carbocycles. The molecule has 170 valence electrons. The van der Waals surface area contributed by atoms with Gasteiger partial charge < -0.3 is 14.0 Å². The van der Waals surface area contributed by atoms with Crippen molar-refractivity contribution in [2.24, 2.45) is 0 Å². The minimum Gasteiger partial charge on any atom is -0.473 e. The smallest absolute Gasteiger partial charge is 0.414 e. The Morgan fingerprint density at radius 3 is 2.76 bits per heavy atom. The first kappa shape index (κ1) is 21.2. The minimum atomic E-state index is -0.524. The van der Waals surface area contributed by atoms with E-state index in [1.54, 1.807) is 18.2 Å². The standard InChI is InChI=1S/C25H24FN3O4/c26-23-14-20(29-21(17-32-25(29)30)16-31-24-10-13-33-27-24)6-7-22(23)19-8-11-28(12-9-19)15-18-4-2-1-3-5-18/h1-8,10,13-14,21H,9,11-12,15-17H2/t21-/m1/s1. The van der Waals surface area contributed by atoms with Crippen molar-refractivity contribution < 1.29 is 23.2 Å². The molecule has 0 saturated carbocycles. The van der Waals surface area contributed by atoms with E-state index in [1.807, 2.05) is 18.2 Å². The molecule has 1 atom stereocenters. The molecular weight excluding hydrogens is 425 g/mol. The topological polar surface area (TPSA) is 68.0 Å². The van der Waals surface area contributed by atoms with E-state index in [0.717, 1.165) is 31.6 Å². The largest absolute Gasteiger partial charge is 0.473 e. The number of hydrogen-bond acceptors (Lipinski definition) is 6. The summed E-state index contributed by atoms with van der Waals surface area (Å²) < 4.78 is 30.6. The zero-order valence-corrected chi connectivity index (χ0v) is 18.0. The summed E-state index contributed by atoms with van der Waals surface area (Å²) in [4.78, 5) is 16.1. The molecular formula is C25H24FN3O4. The number of aromatic nitrogens is 1. The van der Waals surface area contributed by atoms with Gasteiger partial charge in [-0.15, -0.1) is 0 Å². The maximum absolute atomic E-state index is 15.1. The van der Waals surface area contributed by atoms with Gasteiger partial charge >= 0.3 is 6.09 Å². The van der Waals surface area contributed by atoms with Crippen LogP contribution < -0.4 is 9.64 Å². The van der Waals surface area contributed by atoms with Crippen molar-refractivity contribution in [3.63, 3.8) is 0 Å². The summed E-state index contributed by atoms with van der Waals surface area (Å²) in [5.41, 5.74) is 3.26. The third-order valence-corrected chi connectivity index (χ3v) is 5.92. The van der Waals surface area contributed by atoms with E-state index < -0.39 is 6.09 Å². The third kappa shape index (κ3) is 4.75. The number of halogens is 1. The molecule has 0 spiro atoms. The lowest BCUT2D eigenvalue weighted by Crippen LogP contribution is -2.38. The average molecular weight is 449 g/mol. The average Bonchev–Trinajstić information content (AvgIpc) is 3.48. The Labute approximate surface area is 191 Å². The quantitative estimate of drug-likeness (QED) is 0.529. The van der Waals surface area contributed by atoms with Crippen LogP contribution in [0.3, 0.4) is 0 Å². The lowest BCUT2D eigenvalue weighted by Gasteiger charge is -2.27. The highest BCUT2D eigenvalue weighted by atomic mass is 19.1. The molecule has 2 aromatic carbocycles. The lowest BCUT2D eigenvalue weighted by atomic mass is 9.98. The molecule has 0 bridgehead atoms. The van der Waals surface area contributed by atoms with E-state index in [4.69, 9.17) is 14.0 Å². The van der Waals surface area contributed by atoms with Crippen molar-refractivity contribution >= 4 is 17.4 Å². The fourth-order valence-electron chi connectivity index (χ4n) is 4.21. The molecule has 0 radical (unpaired) electrons. The van der Waals surface area contributed by atoms with Gasteiger partial charge in [0.1, 0.15) is 31.3 Å². The zero-order valence-electron chi connectivity index (χ0n) is 18.0. The number of hydrogen-bond donors (Lipinski definition) is 0. The van der Waals surface area contributed by atoms with E-state index in [2.05, 4.69) is 28.3 Å². The van der Waals surface area contributed by atoms with Crippen LogP contribution in [0.5, 0.6) is 5.88 Å². The summed E-state index contributed by atoms with van der Waals surface area (Å²) in [5.74, 6) is -0.0347. The first-order chi connectivity index (χ1) is 16.2. The van der Waals surface area contributed by atoms with Crippen LogP contribution in [0.2, 0.25) is 0 Å². The fraction of sp³-hybridized carbons (Fsp3) is 0.280. The fourth-order valence-corrected chi connectivity index (χ4v) is 4.21. The molecule has 2 aliphatic rings. The summed E-state index contributed by atoms with van der Waals surface area (Å²) in [6.45, 7) is 2.82. The Balaban J connectivity index is 1.26. The van der Waals surface area contributed by atoms with E-state index in [-0.39, 0.29) is 25.1 Å². The van der Waals surface area contributed by atoms with Gasteiger partial charge in [0.15, 0.2) is 0 Å². The first-order valence-corrected chi connectivity index (χ1v) is 10.9. The summed E-state index contributed by atoms with van der Waals surface area (Å²) >= 11 is 0. The Morgan fingerprint density at radius 2 is 2.03 bits per heavy atom. The van der Waals surface area contributed by atoms with Crippen LogP contribution in [0.15, 0.2) is 71.5 Å². The number of amides is 1. The van der Waals surface area contributed by atoms with Crippen LogP contribution >= 0.6 is 0 Å². The predicted molar refractivity (Wildman–Crippen MR) is 120 cm³/mol. The Hall–Kier alpha value is -3.65. The number of cyclic esters (lactones) is 1. The first-order valence-electron chi connectivity index (χ1n) is 10.9. The molecule has 7 nitrogen and oxygen atoms in total. The number of anilines is 1. The van der Waals surface area contributed by atoms with E-state index in [9.17, 15) is 4.79 Å². The van der Waals surface area contributed by atoms with Crippen molar-refractivity contribution in [3.05, 3.63) is 83.9 Å². The predicted octanol–water partition coefficient (Wildman–Crippen LogP) is 4.51. The highest BCUT2D eigenvalue weighted by Crippen LogP contribution is 2.30. The summed E-state index contributed by atoms with van der Waals surface area (Å²) in [5, 5.41) is 3.69. The van der Waals surface area contributed by atoms with Crippen molar-refractivity contribution in [2.75, 3.05) is 31.2 Å². The van der Waals surface area contributed by atoms with Crippen molar-refractivity contribution in [3.8, 4) is 5.88 Å². The summed E-state index contributed by atoms with van der Waals surface area (Å²) in [6.07, 6.45) is 3.73. The van der Waals surface area contributed by atoms with Crippen LogP contribution in [0.25, 0.3) is 5.57 Å². The summed E-state index contributed by atoms with van der Waals surface area (Å²) in [6, 6.07) is 16.4. The van der Waals surface area contributed by atoms with Gasteiger partial charge in [-0.05, 0) is 40.9 Å². The van der Waals surface area contributed by atoms with Gasteiger partial charge in [-0.3, -0.25) is 9.80 Å². The van der Waals surface area contributed by atoms with Gasteiger partial charge in [0.05, 0.1) is 5.69 Å². The van der Waals surface area contributed by atoms with Crippen LogP contribution in [-0.4, -0.2) is 48.5 Å². The zero-order chi connectivity index (χ0) is 22.6. The molecule has 1 saturated heterocycles. The van der Waals surface area contributed by atoms with Gasteiger partial charge in [-0.2, -0.15) is 0 Å². The number of carbonyl (C=O) groups is 1.